The molecule has 2 aromatic heterocycles. The number of aliphatic carboxylic acids is 1. The van der Waals surface area contributed by atoms with Crippen LogP contribution in [0.4, 0.5) is 5.82 Å². The third-order valence-corrected chi connectivity index (χ3v) is 12.8. The number of nitrogens with one attached hydrogen (secondary N) is 1. The molecule has 3 aliphatic heterocycles. The normalized spacial score (nSPS) is 22.4. The number of fused-ring (bicyclic) bond motifs is 3. The summed E-state index contributed by atoms with van der Waals surface area (Å²) in [5, 5.41) is 62.7. The third kappa shape index (κ3) is 9.89. The van der Waals surface area contributed by atoms with Crippen molar-refractivity contribution in [1.29, 1.82) is 0 Å². The van der Waals surface area contributed by atoms with Gasteiger partial charge in [0.15, 0.2) is 29.2 Å². The lowest BCUT2D eigenvalue weighted by molar-refractivity contribution is -0.137. The van der Waals surface area contributed by atoms with Crippen LogP contribution in [-0.4, -0.2) is 147 Å². The lowest BCUT2D eigenvalue weighted by atomic mass is 10.1. The molecule has 0 spiro atoms. The van der Waals surface area contributed by atoms with Crippen LogP contribution in [0, 0.1) is 6.92 Å². The average Bonchev–Trinajstić information content (AvgIpc) is 3.73. The lowest BCUT2D eigenvalue weighted by Gasteiger charge is -2.26. The minimum Gasteiger partial charge on any atom is -0.480 e. The van der Waals surface area contributed by atoms with Crippen molar-refractivity contribution < 1.29 is 72.4 Å². The largest absolute Gasteiger partial charge is 0.481 e. The Bertz CT molecular complexity index is 2580. The van der Waals surface area contributed by atoms with Gasteiger partial charge in [-0.2, -0.15) is 21.1 Å². The van der Waals surface area contributed by atoms with E-state index in [9.17, 15) is 58.8 Å². The standard InChI is InChI=1S/C30H38N10O17P2S/c1-11-2-14-15(3-12(11)7-60-8-13(31)29(47)48)39(26-20(36-14)27(46)38-30(49)37-26)4-16(41)21(43)17(42)5-54-58(50,51)57-59(52,53)55-6-18-22(44)23(45)28(56-18)40-10-35-19-24(32)33-9-34-25(19)40/h2-3,9-10,13,16-18,21-23,28,41-45H,4-8,31H2,1H3,(H,47,48)(H,50,51)(H,52,53)(H2,32,33,34)(H,38,46,49)/t13-,16-,17+,18+,21-,22+,23+,28+/m0/s1. The number of carboxylic acids is 1. The molecule has 5 heterocycles. The maximum atomic E-state index is 12.7. The molecule has 27 nitrogen and oxygen atoms in total. The van der Waals surface area contributed by atoms with E-state index in [1.54, 1.807) is 19.1 Å². The molecule has 0 aliphatic carbocycles. The fraction of sp³-hybridized carbons (Fsp3) is 0.467. The van der Waals surface area contributed by atoms with E-state index in [4.69, 9.17) is 25.8 Å². The zero-order chi connectivity index (χ0) is 43.8. The summed E-state index contributed by atoms with van der Waals surface area (Å²) in [5.41, 5.74) is 11.0. The number of H-pyrrole nitrogens is 1. The summed E-state index contributed by atoms with van der Waals surface area (Å²) < 4.78 is 46.7. The first-order chi connectivity index (χ1) is 28.2. The Kier molecular flexibility index (Phi) is 13.5. The number of nitrogens with two attached hydrogens (primary N) is 2. The molecule has 6 rings (SSSR count). The molecule has 0 amide bonds. The zero-order valence-electron chi connectivity index (χ0n) is 30.8. The topological polar surface area (TPSA) is 426 Å². The van der Waals surface area contributed by atoms with Crippen molar-refractivity contribution in [2.75, 3.05) is 24.7 Å². The average molecular weight is 905 g/mol. The Morgan fingerprint density at radius 1 is 1.05 bits per heavy atom. The Morgan fingerprint density at radius 2 is 1.77 bits per heavy atom. The van der Waals surface area contributed by atoms with Gasteiger partial charge in [0, 0.05) is 11.5 Å². The second-order valence-corrected chi connectivity index (χ2v) is 17.4. The van der Waals surface area contributed by atoms with Gasteiger partial charge < -0.3 is 61.2 Å². The predicted octanol–water partition coefficient (Wildman–Crippen LogP) is -3.09. The highest BCUT2D eigenvalue weighted by Gasteiger charge is 2.46. The maximum absolute atomic E-state index is 12.7. The molecule has 10 atom stereocenters. The number of thioether (sulfide) groups is 1. The summed E-state index contributed by atoms with van der Waals surface area (Å²) in [6.45, 7) is -1.23. The van der Waals surface area contributed by atoms with Crippen LogP contribution in [0.1, 0.15) is 17.4 Å². The van der Waals surface area contributed by atoms with Crippen LogP contribution in [0.5, 0.6) is 0 Å². The number of ether oxygens (including phenoxy) is 1. The van der Waals surface area contributed by atoms with Gasteiger partial charge >= 0.3 is 27.3 Å². The number of aliphatic hydroxyl groups excluding tert-OH is 5. The number of aliphatic hydroxyl groups is 5. The van der Waals surface area contributed by atoms with Gasteiger partial charge in [-0.3, -0.25) is 28.2 Å². The number of nitrogen functional groups attached to an aromatic ring is 1. The van der Waals surface area contributed by atoms with E-state index in [1.807, 2.05) is 4.98 Å². The molecule has 60 heavy (non-hydrogen) atoms. The highest BCUT2D eigenvalue weighted by molar-refractivity contribution is 7.98. The van der Waals surface area contributed by atoms with Crippen molar-refractivity contribution >= 4 is 61.4 Å². The molecular weight excluding hydrogens is 866 g/mol. The molecule has 0 radical (unpaired) electrons. The van der Waals surface area contributed by atoms with Crippen LogP contribution in [0.25, 0.3) is 33.7 Å². The van der Waals surface area contributed by atoms with Crippen LogP contribution in [0.15, 0.2) is 34.4 Å². The second kappa shape index (κ2) is 17.9. The number of phosphoric acid groups is 2. The molecule has 2 unspecified atom stereocenters. The molecular formula is C30H38N10O17P2S. The molecule has 30 heteroatoms. The van der Waals surface area contributed by atoms with Crippen molar-refractivity contribution in [3.8, 4) is 11.5 Å². The number of anilines is 1. The number of hydrogen-bond acceptors (Lipinski definition) is 22. The number of aryl methyl sites for hydroxylation is 1. The van der Waals surface area contributed by atoms with Crippen LogP contribution >= 0.6 is 27.4 Å². The number of aromatic amines is 1. The number of carbonyl (C=O) groups is 1. The van der Waals surface area contributed by atoms with Crippen LogP contribution in [0.3, 0.4) is 0 Å². The fourth-order valence-electron chi connectivity index (χ4n) is 6.01. The lowest BCUT2D eigenvalue weighted by Crippen LogP contribution is -2.42. The molecule has 1 aromatic carbocycles. The van der Waals surface area contributed by atoms with Crippen LogP contribution in [-0.2, 0) is 44.3 Å². The van der Waals surface area contributed by atoms with Gasteiger partial charge in [-0.1, -0.05) is 0 Å². The molecule has 326 valence electrons. The number of rotatable bonds is 18. The van der Waals surface area contributed by atoms with E-state index >= 15 is 0 Å². The summed E-state index contributed by atoms with van der Waals surface area (Å²) in [4.78, 5) is 78.3. The minimum atomic E-state index is -5.61. The second-order valence-electron chi connectivity index (χ2n) is 13.4. The van der Waals surface area contributed by atoms with E-state index in [2.05, 4.69) is 33.8 Å². The summed E-state index contributed by atoms with van der Waals surface area (Å²) >= 11 is 1.20. The monoisotopic (exact) mass is 904 g/mol. The van der Waals surface area contributed by atoms with E-state index in [0.717, 1.165) is 6.33 Å². The number of carboxylic acid groups (broad SMARTS) is 1. The highest BCUT2D eigenvalue weighted by Crippen LogP contribution is 2.60. The summed E-state index contributed by atoms with van der Waals surface area (Å²) in [6.07, 6.45) is -10.3. The molecule has 1 fully saturated rings. The number of nitrogens with zero attached hydrogens (tertiary/aromatic N) is 7. The molecule has 0 bridgehead atoms. The quantitative estimate of drug-likeness (QED) is 0.0307. The molecule has 1 saturated heterocycles. The van der Waals surface area contributed by atoms with Crippen LogP contribution in [0.2, 0.25) is 0 Å². The first-order valence-electron chi connectivity index (χ1n) is 17.3. The van der Waals surface area contributed by atoms with Gasteiger partial charge in [-0.25, -0.2) is 33.9 Å². The SMILES string of the molecule is Cc1cc2nc3c(=O)[nH]c(=O)nc-3n(C[C@H](O)[C@H](O)[C@H](O)COP(=O)(O)OP(=O)(O)OC[C@H]3O[C@@H](n4cnc5c(N)ncnc54)[C@H](O)[C@@H]3O)c2cc1CSC[C@H](N)C(=O)O. The van der Waals surface area contributed by atoms with E-state index in [0.29, 0.717) is 11.1 Å². The van der Waals surface area contributed by atoms with E-state index < -0.39 is 102 Å². The predicted molar refractivity (Wildman–Crippen MR) is 204 cm³/mol. The molecule has 13 N–H and O–H groups in total. The molecule has 0 saturated carbocycles. The number of phosphoric ester groups is 2. The number of hydrogen-bond donors (Lipinski definition) is 11. The summed E-state index contributed by atoms with van der Waals surface area (Å²) in [6, 6.07) is 2.02. The van der Waals surface area contributed by atoms with Gasteiger partial charge in [0.1, 0.15) is 54.5 Å². The Morgan fingerprint density at radius 3 is 2.48 bits per heavy atom. The van der Waals surface area contributed by atoms with Gasteiger partial charge in [-0.15, -0.1) is 0 Å². The van der Waals surface area contributed by atoms with Gasteiger partial charge in [0.05, 0.1) is 37.1 Å². The Balaban J connectivity index is 1.09. The number of benzene rings is 1. The van der Waals surface area contributed by atoms with Crippen molar-refractivity contribution in [3.05, 3.63) is 56.8 Å². The number of aromatic nitrogens is 8. The van der Waals surface area contributed by atoms with Crippen molar-refractivity contribution in [2.24, 2.45) is 5.73 Å². The van der Waals surface area contributed by atoms with Crippen molar-refractivity contribution in [2.45, 2.75) is 68.1 Å². The fourth-order valence-corrected chi connectivity index (χ4v) is 9.16. The van der Waals surface area contributed by atoms with E-state index in [1.165, 1.54) is 27.2 Å². The van der Waals surface area contributed by atoms with Crippen molar-refractivity contribution in [3.63, 3.8) is 0 Å². The van der Waals surface area contributed by atoms with E-state index in [-0.39, 0.29) is 51.0 Å². The first-order valence-corrected chi connectivity index (χ1v) is 21.5. The first kappa shape index (κ1) is 45.2. The minimum absolute atomic E-state index is 0.0152. The summed E-state index contributed by atoms with van der Waals surface area (Å²) in [5.74, 6) is -1.19. The third-order valence-electron chi connectivity index (χ3n) is 9.11. The van der Waals surface area contributed by atoms with Crippen molar-refractivity contribution in [1.82, 2.24) is 39.0 Å². The molecule has 3 aliphatic rings. The van der Waals surface area contributed by atoms with Gasteiger partial charge in [-0.05, 0) is 30.2 Å². The zero-order valence-corrected chi connectivity index (χ0v) is 33.4. The smallest absolute Gasteiger partial charge is 0.480 e. The van der Waals surface area contributed by atoms with Crippen LogP contribution < -0.4 is 22.7 Å². The highest BCUT2D eigenvalue weighted by atomic mass is 32.2. The summed E-state index contributed by atoms with van der Waals surface area (Å²) in [7, 11) is -11.1. The molecule has 3 aromatic rings. The Hall–Kier alpha value is -4.35. The maximum Gasteiger partial charge on any atom is 0.481 e. The van der Waals surface area contributed by atoms with Gasteiger partial charge in [0.25, 0.3) is 5.56 Å². The Labute approximate surface area is 339 Å². The van der Waals surface area contributed by atoms with Gasteiger partial charge in [0.2, 0.25) is 0 Å². The number of imidazole rings is 1.